The van der Waals surface area contributed by atoms with E-state index in [4.69, 9.17) is 0 Å². The molecule has 0 unspecified atom stereocenters. The molecule has 3 heteroatoms. The number of nitrogens with zero attached hydrogens (tertiary/aromatic N) is 2. The molecule has 2 heterocycles. The van der Waals surface area contributed by atoms with Crippen LogP contribution in [0.1, 0.15) is 48.2 Å². The SMILES string of the molecule is C[C@@H](c1ccccc1)N1CC2(c3ccccc3)CN([C@@H](C)c3ccccc3)CC(c3ccccc3)(C1)C2=O. The highest BCUT2D eigenvalue weighted by Crippen LogP contribution is 2.49. The lowest BCUT2D eigenvalue weighted by atomic mass is 9.57. The van der Waals surface area contributed by atoms with Crippen LogP contribution in [0, 0.1) is 0 Å². The van der Waals surface area contributed by atoms with Gasteiger partial charge in [0.2, 0.25) is 0 Å². The fraction of sp³-hybridized carbons (Fsp3) is 0.286. The molecule has 6 rings (SSSR count). The number of benzene rings is 4. The molecule has 3 nitrogen and oxygen atoms in total. The Morgan fingerprint density at radius 2 is 0.789 bits per heavy atom. The van der Waals surface area contributed by atoms with E-state index in [0.717, 1.165) is 11.1 Å². The van der Waals surface area contributed by atoms with E-state index in [0.29, 0.717) is 32.0 Å². The van der Waals surface area contributed by atoms with Gasteiger partial charge in [0.25, 0.3) is 0 Å². The zero-order chi connectivity index (χ0) is 26.2. The number of Topliss-reactive ketones (excluding diaryl/α,β-unsaturated/α-hetero) is 1. The lowest BCUT2D eigenvalue weighted by molar-refractivity contribution is -0.147. The molecule has 2 atom stereocenters. The molecule has 0 aromatic heterocycles. The molecule has 2 bridgehead atoms. The standard InChI is InChI=1S/C35H36N2O/c1-27(29-15-7-3-8-16-29)36-23-34(31-19-11-5-12-20-31)25-37(28(2)30-17-9-4-10-18-30)26-35(24-36,33(34)38)32-21-13-6-14-22-32/h3-22,27-28H,23-26H2,1-2H3/t27-,28-,34?,35?/m0/s1. The second-order valence-corrected chi connectivity index (χ2v) is 11.2. The van der Waals surface area contributed by atoms with E-state index >= 15 is 4.79 Å². The van der Waals surface area contributed by atoms with Gasteiger partial charge in [-0.25, -0.2) is 0 Å². The van der Waals surface area contributed by atoms with Crippen LogP contribution in [0.5, 0.6) is 0 Å². The predicted molar refractivity (Wildman–Crippen MR) is 154 cm³/mol. The first-order valence-corrected chi connectivity index (χ1v) is 13.8. The van der Waals surface area contributed by atoms with Crippen molar-refractivity contribution in [3.63, 3.8) is 0 Å². The Labute approximate surface area is 226 Å². The van der Waals surface area contributed by atoms with Crippen LogP contribution < -0.4 is 0 Å². The van der Waals surface area contributed by atoms with Crippen molar-refractivity contribution in [1.82, 2.24) is 9.80 Å². The molecular formula is C35H36N2O. The van der Waals surface area contributed by atoms with Crippen molar-refractivity contribution in [2.75, 3.05) is 26.2 Å². The van der Waals surface area contributed by atoms with Gasteiger partial charge in [0, 0.05) is 38.3 Å². The molecule has 38 heavy (non-hydrogen) atoms. The largest absolute Gasteiger partial charge is 0.297 e. The van der Waals surface area contributed by atoms with E-state index in [1.54, 1.807) is 0 Å². The molecule has 0 spiro atoms. The maximum absolute atomic E-state index is 15.0. The fourth-order valence-corrected chi connectivity index (χ4v) is 6.92. The Morgan fingerprint density at radius 1 is 0.500 bits per heavy atom. The number of hydrogen-bond donors (Lipinski definition) is 0. The molecule has 0 radical (unpaired) electrons. The van der Waals surface area contributed by atoms with Crippen LogP contribution in [0.15, 0.2) is 121 Å². The van der Waals surface area contributed by atoms with Gasteiger partial charge in [-0.15, -0.1) is 0 Å². The van der Waals surface area contributed by atoms with E-state index in [9.17, 15) is 0 Å². The second kappa shape index (κ2) is 9.98. The molecule has 0 aliphatic carbocycles. The number of fused-ring (bicyclic) bond motifs is 2. The van der Waals surface area contributed by atoms with Crippen LogP contribution in [0.2, 0.25) is 0 Å². The molecule has 2 aliphatic rings. The Balaban J connectivity index is 1.52. The smallest absolute Gasteiger partial charge is 0.159 e. The second-order valence-electron chi connectivity index (χ2n) is 11.2. The Morgan fingerprint density at radius 3 is 1.11 bits per heavy atom. The number of hydrogen-bond acceptors (Lipinski definition) is 3. The number of carbonyl (C=O) groups is 1. The summed E-state index contributed by atoms with van der Waals surface area (Å²) in [5.74, 6) is 0.371. The van der Waals surface area contributed by atoms with Gasteiger partial charge in [-0.05, 0) is 36.1 Å². The van der Waals surface area contributed by atoms with Gasteiger partial charge in [0.15, 0.2) is 5.78 Å². The summed E-state index contributed by atoms with van der Waals surface area (Å²) in [6.45, 7) is 7.42. The van der Waals surface area contributed by atoms with Crippen LogP contribution in [-0.4, -0.2) is 41.8 Å². The molecular weight excluding hydrogens is 464 g/mol. The van der Waals surface area contributed by atoms with Crippen molar-refractivity contribution in [1.29, 1.82) is 0 Å². The van der Waals surface area contributed by atoms with Gasteiger partial charge >= 0.3 is 0 Å². The van der Waals surface area contributed by atoms with Crippen LogP contribution in [0.25, 0.3) is 0 Å². The van der Waals surface area contributed by atoms with Gasteiger partial charge in [-0.3, -0.25) is 14.6 Å². The molecule has 0 saturated carbocycles. The van der Waals surface area contributed by atoms with Crippen molar-refractivity contribution < 1.29 is 4.79 Å². The third kappa shape index (κ3) is 4.11. The summed E-state index contributed by atoms with van der Waals surface area (Å²) in [6.07, 6.45) is 0. The van der Waals surface area contributed by atoms with E-state index in [1.165, 1.54) is 11.1 Å². The molecule has 192 valence electrons. The lowest BCUT2D eigenvalue weighted by Crippen LogP contribution is -2.73. The highest BCUT2D eigenvalue weighted by molar-refractivity contribution is 6.01. The van der Waals surface area contributed by atoms with Crippen molar-refractivity contribution in [3.05, 3.63) is 144 Å². The molecule has 4 aromatic carbocycles. The van der Waals surface area contributed by atoms with Gasteiger partial charge in [0.05, 0.1) is 10.8 Å². The maximum Gasteiger partial charge on any atom is 0.159 e. The zero-order valence-corrected chi connectivity index (χ0v) is 22.3. The molecule has 2 fully saturated rings. The summed E-state index contributed by atoms with van der Waals surface area (Å²) < 4.78 is 0. The van der Waals surface area contributed by atoms with Gasteiger partial charge in [0.1, 0.15) is 0 Å². The number of ketones is 1. The average Bonchev–Trinajstić information content (AvgIpc) is 2.98. The van der Waals surface area contributed by atoms with Crippen LogP contribution in [0.3, 0.4) is 0 Å². The third-order valence-electron chi connectivity index (χ3n) is 9.07. The molecule has 2 aliphatic heterocycles. The normalized spacial score (nSPS) is 25.6. The average molecular weight is 501 g/mol. The topological polar surface area (TPSA) is 23.6 Å². The summed E-state index contributed by atoms with van der Waals surface area (Å²) in [5.41, 5.74) is 3.58. The van der Waals surface area contributed by atoms with E-state index in [2.05, 4.69) is 145 Å². The molecule has 2 saturated heterocycles. The van der Waals surface area contributed by atoms with Crippen LogP contribution >= 0.6 is 0 Å². The van der Waals surface area contributed by atoms with Crippen LogP contribution in [0.4, 0.5) is 0 Å². The summed E-state index contributed by atoms with van der Waals surface area (Å²) in [4.78, 5) is 20.1. The van der Waals surface area contributed by atoms with Gasteiger partial charge in [-0.2, -0.15) is 0 Å². The molecule has 0 amide bonds. The fourth-order valence-electron chi connectivity index (χ4n) is 6.92. The minimum absolute atomic E-state index is 0.202. The number of carbonyl (C=O) groups excluding carboxylic acids is 1. The Bertz CT molecular complexity index is 1250. The first-order chi connectivity index (χ1) is 18.5. The first kappa shape index (κ1) is 24.8. The minimum atomic E-state index is -0.625. The van der Waals surface area contributed by atoms with Gasteiger partial charge < -0.3 is 0 Å². The summed E-state index contributed by atoms with van der Waals surface area (Å²) in [7, 11) is 0. The monoisotopic (exact) mass is 500 g/mol. The Hall–Kier alpha value is -3.53. The molecule has 4 aromatic rings. The zero-order valence-electron chi connectivity index (χ0n) is 22.3. The first-order valence-electron chi connectivity index (χ1n) is 13.8. The third-order valence-corrected chi connectivity index (χ3v) is 9.07. The minimum Gasteiger partial charge on any atom is -0.297 e. The van der Waals surface area contributed by atoms with E-state index in [-0.39, 0.29) is 12.1 Å². The van der Waals surface area contributed by atoms with Crippen LogP contribution in [-0.2, 0) is 15.6 Å². The van der Waals surface area contributed by atoms with Crippen molar-refractivity contribution in [2.45, 2.75) is 36.8 Å². The number of likely N-dealkylation sites (tertiary alicyclic amines) is 2. The van der Waals surface area contributed by atoms with Crippen molar-refractivity contribution >= 4 is 5.78 Å². The quantitative estimate of drug-likeness (QED) is 0.299. The highest BCUT2D eigenvalue weighted by Gasteiger charge is 2.62. The van der Waals surface area contributed by atoms with Gasteiger partial charge in [-0.1, -0.05) is 121 Å². The molecule has 0 N–H and O–H groups in total. The summed E-state index contributed by atoms with van der Waals surface area (Å²) >= 11 is 0. The van der Waals surface area contributed by atoms with E-state index < -0.39 is 10.8 Å². The number of piperidine rings is 2. The summed E-state index contributed by atoms with van der Waals surface area (Å²) in [5, 5.41) is 0. The maximum atomic E-state index is 15.0. The predicted octanol–water partition coefficient (Wildman–Crippen LogP) is 6.59. The lowest BCUT2D eigenvalue weighted by Gasteiger charge is -2.59. The number of rotatable bonds is 6. The summed E-state index contributed by atoms with van der Waals surface area (Å²) in [6, 6.07) is 43.0. The van der Waals surface area contributed by atoms with Crippen molar-refractivity contribution in [2.24, 2.45) is 0 Å². The highest BCUT2D eigenvalue weighted by atomic mass is 16.1. The van der Waals surface area contributed by atoms with Crippen molar-refractivity contribution in [3.8, 4) is 0 Å². The Kier molecular flexibility index (Phi) is 6.51. The van der Waals surface area contributed by atoms with E-state index in [1.807, 2.05) is 0 Å².